The Bertz CT molecular complexity index is 276. The van der Waals surface area contributed by atoms with E-state index in [1.165, 1.54) is 0 Å². The molecule has 0 aliphatic rings. The summed E-state index contributed by atoms with van der Waals surface area (Å²) < 4.78 is 18.5. The zero-order chi connectivity index (χ0) is 9.68. The Morgan fingerprint density at radius 1 is 1.46 bits per heavy atom. The number of hydrogen-bond acceptors (Lipinski definition) is 2. The van der Waals surface area contributed by atoms with Gasteiger partial charge in [0.25, 0.3) is 0 Å². The van der Waals surface area contributed by atoms with Crippen LogP contribution in [0.4, 0.5) is 4.39 Å². The van der Waals surface area contributed by atoms with Crippen LogP contribution >= 0.6 is 12.6 Å². The first-order valence-corrected chi connectivity index (χ1v) is 4.87. The summed E-state index contributed by atoms with van der Waals surface area (Å²) in [5.74, 6) is 0.830. The average Bonchev–Trinajstić information content (AvgIpc) is 2.13. The number of aryl methyl sites for hydroxylation is 1. The number of hydrogen-bond donors (Lipinski definition) is 1. The first-order valence-electron chi connectivity index (χ1n) is 4.24. The third-order valence-corrected chi connectivity index (χ3v) is 2.03. The second-order valence-electron chi connectivity index (χ2n) is 2.81. The van der Waals surface area contributed by atoms with Crippen LogP contribution < -0.4 is 4.74 Å². The predicted octanol–water partition coefficient (Wildman–Crippen LogP) is 2.83. The molecule has 0 heterocycles. The number of halogens is 1. The lowest BCUT2D eigenvalue weighted by Gasteiger charge is -2.07. The van der Waals surface area contributed by atoms with Gasteiger partial charge in [0.15, 0.2) is 11.6 Å². The lowest BCUT2D eigenvalue weighted by molar-refractivity contribution is 0.302. The van der Waals surface area contributed by atoms with Crippen molar-refractivity contribution in [1.82, 2.24) is 0 Å². The largest absolute Gasteiger partial charge is 0.490 e. The van der Waals surface area contributed by atoms with Crippen molar-refractivity contribution in [3.8, 4) is 5.75 Å². The van der Waals surface area contributed by atoms with Gasteiger partial charge in [-0.15, -0.1) is 0 Å². The number of thiol groups is 1. The smallest absolute Gasteiger partial charge is 0.167 e. The fraction of sp³-hybridized carbons (Fsp3) is 0.400. The van der Waals surface area contributed by atoms with Gasteiger partial charge in [0.2, 0.25) is 0 Å². The third-order valence-electron chi connectivity index (χ3n) is 1.72. The molecule has 0 aliphatic carbocycles. The summed E-state index contributed by atoms with van der Waals surface area (Å²) in [4.78, 5) is 0. The first kappa shape index (κ1) is 10.4. The van der Waals surface area contributed by atoms with E-state index in [1.54, 1.807) is 25.1 Å². The molecular formula is C10H13FOS. The Kier molecular flexibility index (Phi) is 4.09. The van der Waals surface area contributed by atoms with Crippen molar-refractivity contribution in [3.05, 3.63) is 29.6 Å². The minimum atomic E-state index is -0.262. The Balaban J connectivity index is 2.61. The van der Waals surface area contributed by atoms with Gasteiger partial charge in [-0.05, 0) is 30.7 Å². The first-order chi connectivity index (χ1) is 6.25. The Morgan fingerprint density at radius 2 is 2.23 bits per heavy atom. The molecule has 72 valence electrons. The second-order valence-corrected chi connectivity index (χ2v) is 3.26. The van der Waals surface area contributed by atoms with E-state index in [0.29, 0.717) is 17.9 Å². The van der Waals surface area contributed by atoms with Gasteiger partial charge in [-0.25, -0.2) is 4.39 Å². The molecule has 0 N–H and O–H groups in total. The van der Waals surface area contributed by atoms with Crippen molar-refractivity contribution in [1.29, 1.82) is 0 Å². The highest BCUT2D eigenvalue weighted by atomic mass is 32.1. The van der Waals surface area contributed by atoms with Crippen LogP contribution in [0.2, 0.25) is 0 Å². The van der Waals surface area contributed by atoms with Gasteiger partial charge in [0.1, 0.15) is 0 Å². The van der Waals surface area contributed by atoms with Crippen LogP contribution in [-0.2, 0) is 0 Å². The van der Waals surface area contributed by atoms with Crippen molar-refractivity contribution in [2.75, 3.05) is 12.4 Å². The van der Waals surface area contributed by atoms with Crippen LogP contribution in [0.5, 0.6) is 5.75 Å². The molecule has 0 fully saturated rings. The molecule has 13 heavy (non-hydrogen) atoms. The van der Waals surface area contributed by atoms with Gasteiger partial charge in [-0.3, -0.25) is 0 Å². The molecule has 0 aromatic heterocycles. The highest BCUT2D eigenvalue weighted by Crippen LogP contribution is 2.19. The SMILES string of the molecule is Cc1cccc(OCCCS)c1F. The van der Waals surface area contributed by atoms with Crippen LogP contribution in [0.25, 0.3) is 0 Å². The molecule has 0 saturated heterocycles. The Hall–Kier alpha value is -0.700. The molecule has 1 rings (SSSR count). The summed E-state index contributed by atoms with van der Waals surface area (Å²) in [6.07, 6.45) is 0.830. The standard InChI is InChI=1S/C10H13FOS/c1-8-4-2-5-9(10(8)11)12-6-3-7-13/h2,4-5,13H,3,6-7H2,1H3. The maximum absolute atomic E-state index is 13.3. The zero-order valence-corrected chi connectivity index (χ0v) is 8.48. The molecule has 1 aromatic carbocycles. The molecule has 0 saturated carbocycles. The van der Waals surface area contributed by atoms with Crippen molar-refractivity contribution in [2.24, 2.45) is 0 Å². The maximum Gasteiger partial charge on any atom is 0.167 e. The molecule has 3 heteroatoms. The van der Waals surface area contributed by atoms with E-state index in [4.69, 9.17) is 4.74 Å². The molecule has 0 atom stereocenters. The van der Waals surface area contributed by atoms with Gasteiger partial charge in [-0.1, -0.05) is 12.1 Å². The summed E-state index contributed by atoms with van der Waals surface area (Å²) in [6.45, 7) is 2.24. The van der Waals surface area contributed by atoms with Crippen LogP contribution in [0.1, 0.15) is 12.0 Å². The van der Waals surface area contributed by atoms with Crippen molar-refractivity contribution < 1.29 is 9.13 Å². The van der Waals surface area contributed by atoms with Crippen molar-refractivity contribution in [3.63, 3.8) is 0 Å². The molecular weight excluding hydrogens is 187 g/mol. The molecule has 1 nitrogen and oxygen atoms in total. The highest BCUT2D eigenvalue weighted by molar-refractivity contribution is 7.80. The van der Waals surface area contributed by atoms with Crippen LogP contribution in [0, 0.1) is 12.7 Å². The van der Waals surface area contributed by atoms with E-state index in [-0.39, 0.29) is 5.82 Å². The average molecular weight is 200 g/mol. The Labute approximate surface area is 83.3 Å². The second kappa shape index (κ2) is 5.12. The topological polar surface area (TPSA) is 9.23 Å². The third kappa shape index (κ3) is 2.92. The molecule has 0 bridgehead atoms. The number of rotatable bonds is 4. The summed E-state index contributed by atoms with van der Waals surface area (Å²) >= 11 is 4.04. The molecule has 0 unspecified atom stereocenters. The van der Waals surface area contributed by atoms with Crippen LogP contribution in [-0.4, -0.2) is 12.4 Å². The lowest BCUT2D eigenvalue weighted by Crippen LogP contribution is -2.00. The molecule has 0 aliphatic heterocycles. The monoisotopic (exact) mass is 200 g/mol. The van der Waals surface area contributed by atoms with Gasteiger partial charge >= 0.3 is 0 Å². The number of ether oxygens (including phenoxy) is 1. The highest BCUT2D eigenvalue weighted by Gasteiger charge is 2.04. The van der Waals surface area contributed by atoms with E-state index in [0.717, 1.165) is 12.2 Å². The van der Waals surface area contributed by atoms with Gasteiger partial charge in [0, 0.05) is 0 Å². The van der Waals surface area contributed by atoms with E-state index < -0.39 is 0 Å². The minimum absolute atomic E-state index is 0.262. The van der Waals surface area contributed by atoms with Gasteiger partial charge in [-0.2, -0.15) is 12.6 Å². The molecule has 0 amide bonds. The van der Waals surface area contributed by atoms with Crippen molar-refractivity contribution >= 4 is 12.6 Å². The summed E-state index contributed by atoms with van der Waals surface area (Å²) in [7, 11) is 0. The lowest BCUT2D eigenvalue weighted by atomic mass is 10.2. The van der Waals surface area contributed by atoms with Crippen molar-refractivity contribution in [2.45, 2.75) is 13.3 Å². The molecule has 1 aromatic rings. The molecule has 0 radical (unpaired) electrons. The van der Waals surface area contributed by atoms with E-state index in [1.807, 2.05) is 0 Å². The van der Waals surface area contributed by atoms with Crippen LogP contribution in [0.15, 0.2) is 18.2 Å². The molecule has 0 spiro atoms. The summed E-state index contributed by atoms with van der Waals surface area (Å²) in [5, 5.41) is 0. The fourth-order valence-corrected chi connectivity index (χ4v) is 1.11. The Morgan fingerprint density at radius 3 is 2.92 bits per heavy atom. The fourth-order valence-electron chi connectivity index (χ4n) is 0.979. The summed E-state index contributed by atoms with van der Waals surface area (Å²) in [5.41, 5.74) is 0.614. The van der Waals surface area contributed by atoms with Gasteiger partial charge < -0.3 is 4.74 Å². The summed E-state index contributed by atoms with van der Waals surface area (Å²) in [6, 6.07) is 5.15. The predicted molar refractivity (Wildman–Crippen MR) is 55.1 cm³/mol. The van der Waals surface area contributed by atoms with Crippen LogP contribution in [0.3, 0.4) is 0 Å². The minimum Gasteiger partial charge on any atom is -0.490 e. The quantitative estimate of drug-likeness (QED) is 0.581. The van der Waals surface area contributed by atoms with E-state index >= 15 is 0 Å². The van der Waals surface area contributed by atoms with Gasteiger partial charge in [0.05, 0.1) is 6.61 Å². The van der Waals surface area contributed by atoms with E-state index in [9.17, 15) is 4.39 Å². The van der Waals surface area contributed by atoms with E-state index in [2.05, 4.69) is 12.6 Å². The number of benzene rings is 1. The maximum atomic E-state index is 13.3. The zero-order valence-electron chi connectivity index (χ0n) is 7.59. The normalized spacial score (nSPS) is 10.1.